The van der Waals surface area contributed by atoms with Crippen LogP contribution in [0, 0.1) is 23.2 Å². The standard InChI is InChI=1S/C22H38N6O5.C11H13NO.C10H19N3O2.C10H12.C4H10.C2H6/c1-22(2,3)17(27-16(29)10-25-4)21(33)28-11-14(9-15(28)19(24)31)26-20(32)13-7-5-6-12(8-13)18(23)30;13-8-12-11-7-3-5-9-4-1-2-6-10(9)11;1-8(11-2)10(15)12-7-9(14)13-5-3-4-6-13;1-2-6-10-8-4-3-7-9(10)5-1;1-4(2)3;1-2/h12-15,17,25H,5-11H2,1-4H3,(H2,23,30)(H2,24,31)(H,26,32)(H,27,29);1-2,4,6,8,11H,3,5,7H2,(H,12,13);8,11H,3-7H2,1-2H3,(H,12,15);1-2,5-6H,3-4,7-8H2;4H,1-3H3;1-2H3. The molecule has 0 aromatic heterocycles. The second kappa shape index (κ2) is 35.5. The van der Waals surface area contributed by atoms with Crippen LogP contribution in [0.3, 0.4) is 0 Å². The Morgan fingerprint density at radius 1 is 0.714 bits per heavy atom. The van der Waals surface area contributed by atoms with Crippen LogP contribution in [0.2, 0.25) is 0 Å². The van der Waals surface area contributed by atoms with Crippen LogP contribution in [0.1, 0.15) is 161 Å². The first-order chi connectivity index (χ1) is 36.6. The zero-order chi connectivity index (χ0) is 57.7. The molecular weight excluding hydrogens is 977 g/mol. The number of fused-ring (bicyclic) bond motifs is 2. The van der Waals surface area contributed by atoms with Gasteiger partial charge in [-0.15, -0.1) is 0 Å². The second-order valence-corrected chi connectivity index (χ2v) is 22.2. The predicted octanol–water partition coefficient (Wildman–Crippen LogP) is 5.00. The van der Waals surface area contributed by atoms with Crippen molar-refractivity contribution in [3.8, 4) is 0 Å². The smallest absolute Gasteiger partial charge is 0.246 e. The average Bonchev–Trinajstić information content (AvgIpc) is 4.12. The zero-order valence-electron chi connectivity index (χ0n) is 48.6. The fraction of sp³-hybridized carbons (Fsp3) is 0.661. The highest BCUT2D eigenvalue weighted by Gasteiger charge is 2.45. The third kappa shape index (κ3) is 23.7. The van der Waals surface area contributed by atoms with Gasteiger partial charge in [-0.25, -0.2) is 0 Å². The van der Waals surface area contributed by atoms with Crippen molar-refractivity contribution in [2.45, 2.75) is 182 Å². The van der Waals surface area contributed by atoms with Gasteiger partial charge in [-0.2, -0.15) is 0 Å². The molecule has 77 heavy (non-hydrogen) atoms. The molecule has 7 unspecified atom stereocenters. The molecule has 2 aromatic rings. The van der Waals surface area contributed by atoms with Gasteiger partial charge in [0, 0.05) is 37.5 Å². The van der Waals surface area contributed by atoms with Gasteiger partial charge < -0.3 is 53.2 Å². The predicted molar refractivity (Wildman–Crippen MR) is 305 cm³/mol. The number of likely N-dealkylation sites (tertiary alicyclic amines) is 2. The molecule has 2 saturated heterocycles. The van der Waals surface area contributed by atoms with Crippen LogP contribution in [-0.4, -0.2) is 129 Å². The number of rotatable bonds is 14. The summed E-state index contributed by atoms with van der Waals surface area (Å²) in [6, 6.07) is 14.9. The summed E-state index contributed by atoms with van der Waals surface area (Å²) in [4.78, 5) is 98.5. The summed E-state index contributed by atoms with van der Waals surface area (Å²) in [5, 5.41) is 16.7. The largest absolute Gasteiger partial charge is 0.369 e. The molecule has 0 radical (unpaired) electrons. The maximum Gasteiger partial charge on any atom is 0.246 e. The van der Waals surface area contributed by atoms with Crippen molar-refractivity contribution in [2.75, 3.05) is 46.8 Å². The summed E-state index contributed by atoms with van der Waals surface area (Å²) in [5.74, 6) is -1.97. The monoisotopic (exact) mass is 1070 g/mol. The Hall–Kier alpha value is -5.88. The lowest BCUT2D eigenvalue weighted by atomic mass is 9.80. The van der Waals surface area contributed by atoms with E-state index in [0.29, 0.717) is 19.3 Å². The molecule has 8 amide bonds. The number of nitrogens with two attached hydrogens (primary N) is 2. The Bertz CT molecular complexity index is 2130. The topological polar surface area (TPSA) is 267 Å². The average molecular weight is 1080 g/mol. The molecule has 432 valence electrons. The van der Waals surface area contributed by atoms with Gasteiger partial charge in [-0.05, 0) is 138 Å². The molecule has 0 bridgehead atoms. The molecule has 0 spiro atoms. The van der Waals surface area contributed by atoms with Crippen molar-refractivity contribution in [3.63, 3.8) is 0 Å². The van der Waals surface area contributed by atoms with Crippen LogP contribution >= 0.6 is 0 Å². The minimum atomic E-state index is -0.890. The van der Waals surface area contributed by atoms with Crippen LogP contribution in [0.4, 0.5) is 0 Å². The number of aryl methyl sites for hydroxylation is 3. The van der Waals surface area contributed by atoms with Crippen molar-refractivity contribution in [1.29, 1.82) is 0 Å². The van der Waals surface area contributed by atoms with E-state index in [1.165, 1.54) is 48.1 Å². The summed E-state index contributed by atoms with van der Waals surface area (Å²) in [7, 11) is 3.34. The Balaban J connectivity index is 0.000000378. The number of nitrogens with zero attached hydrogens (tertiary/aromatic N) is 2. The summed E-state index contributed by atoms with van der Waals surface area (Å²) < 4.78 is 0. The number of carbonyl (C=O) groups excluding carboxylic acids is 8. The van der Waals surface area contributed by atoms with Crippen molar-refractivity contribution in [1.82, 2.24) is 41.7 Å². The Kier molecular flexibility index (Phi) is 31.0. The first-order valence-corrected chi connectivity index (χ1v) is 28.3. The third-order valence-electron chi connectivity index (χ3n) is 14.1. The van der Waals surface area contributed by atoms with E-state index in [1.807, 2.05) is 40.7 Å². The molecule has 10 N–H and O–H groups in total. The number of likely N-dealkylation sites (N-methyl/N-ethyl adjacent to an activating group) is 2. The summed E-state index contributed by atoms with van der Waals surface area (Å²) in [6.07, 6.45) is 14.4. The van der Waals surface area contributed by atoms with E-state index < -0.39 is 41.3 Å². The molecular formula is C59H98N10O8. The SMILES string of the molecule is CC.CC(C)C.CNC(C)C(=O)NCC(=O)N1CCCC1.CNCC(=O)NC(C(=O)N1CC(NC(=O)C2CCCC(C(N)=O)C2)CC1C(N)=O)C(C)(C)C.O=CNC1CCCc2ccccc21.c1ccc2c(c1)CCCC2. The van der Waals surface area contributed by atoms with Crippen molar-refractivity contribution in [3.05, 3.63) is 70.8 Å². The number of hydrogen-bond acceptors (Lipinski definition) is 10. The highest BCUT2D eigenvalue weighted by molar-refractivity contribution is 5.93. The summed E-state index contributed by atoms with van der Waals surface area (Å²) >= 11 is 0. The zero-order valence-corrected chi connectivity index (χ0v) is 48.6. The van der Waals surface area contributed by atoms with E-state index in [2.05, 4.69) is 95.1 Å². The first-order valence-electron chi connectivity index (χ1n) is 28.3. The van der Waals surface area contributed by atoms with Gasteiger partial charge in [0.1, 0.15) is 12.1 Å². The maximum absolute atomic E-state index is 13.4. The van der Waals surface area contributed by atoms with Crippen LogP contribution < -0.4 is 43.4 Å². The van der Waals surface area contributed by atoms with E-state index >= 15 is 0 Å². The first kappa shape index (κ1) is 67.2. The van der Waals surface area contributed by atoms with Crippen LogP contribution in [-0.2, 0) is 57.6 Å². The quantitative estimate of drug-likeness (QED) is 0.117. The number of carbonyl (C=O) groups is 8. The van der Waals surface area contributed by atoms with Gasteiger partial charge in [0.2, 0.25) is 47.8 Å². The molecule has 3 fully saturated rings. The molecule has 18 nitrogen and oxygen atoms in total. The highest BCUT2D eigenvalue weighted by Crippen LogP contribution is 2.31. The number of nitrogens with one attached hydrogen (secondary N) is 6. The number of benzene rings is 2. The lowest BCUT2D eigenvalue weighted by Gasteiger charge is -2.35. The molecule has 7 rings (SSSR count). The molecule has 5 aliphatic rings. The molecule has 2 aromatic carbocycles. The molecule has 18 heteroatoms. The van der Waals surface area contributed by atoms with Gasteiger partial charge >= 0.3 is 0 Å². The van der Waals surface area contributed by atoms with E-state index in [4.69, 9.17) is 11.5 Å². The van der Waals surface area contributed by atoms with Gasteiger partial charge in [0.25, 0.3) is 0 Å². The molecule has 3 aliphatic carbocycles. The van der Waals surface area contributed by atoms with Crippen molar-refractivity contribution < 1.29 is 38.4 Å². The molecule has 2 aliphatic heterocycles. The fourth-order valence-electron chi connectivity index (χ4n) is 9.86. The highest BCUT2D eigenvalue weighted by atomic mass is 16.2. The Morgan fingerprint density at radius 3 is 1.81 bits per heavy atom. The Labute approximate surface area is 460 Å². The van der Waals surface area contributed by atoms with Crippen LogP contribution in [0.25, 0.3) is 0 Å². The third-order valence-corrected chi connectivity index (χ3v) is 14.1. The fourth-order valence-corrected chi connectivity index (χ4v) is 9.86. The number of hydrogen-bond donors (Lipinski definition) is 8. The van der Waals surface area contributed by atoms with Gasteiger partial charge in [-0.1, -0.05) is 110 Å². The Morgan fingerprint density at radius 2 is 1.27 bits per heavy atom. The van der Waals surface area contributed by atoms with E-state index in [9.17, 15) is 38.4 Å². The lowest BCUT2D eigenvalue weighted by Crippen LogP contribution is -2.58. The minimum absolute atomic E-state index is 0.0177. The molecule has 7 atom stereocenters. The van der Waals surface area contributed by atoms with E-state index in [1.54, 1.807) is 37.0 Å². The minimum Gasteiger partial charge on any atom is -0.369 e. The number of primary amides is 2. The lowest BCUT2D eigenvalue weighted by molar-refractivity contribution is -0.143. The van der Waals surface area contributed by atoms with Crippen molar-refractivity contribution >= 4 is 47.8 Å². The summed E-state index contributed by atoms with van der Waals surface area (Å²) in [5.41, 5.74) is 16.2. The van der Waals surface area contributed by atoms with Gasteiger partial charge in [-0.3, -0.25) is 38.4 Å². The number of amides is 8. The van der Waals surface area contributed by atoms with Crippen LogP contribution in [0.15, 0.2) is 48.5 Å². The second-order valence-electron chi connectivity index (χ2n) is 22.2. The molecule has 2 heterocycles. The van der Waals surface area contributed by atoms with E-state index in [0.717, 1.165) is 57.5 Å². The summed E-state index contributed by atoms with van der Waals surface area (Å²) in [6.45, 7) is 19.7. The van der Waals surface area contributed by atoms with Crippen LogP contribution in [0.5, 0.6) is 0 Å². The normalized spacial score (nSPS) is 20.9. The van der Waals surface area contributed by atoms with Crippen molar-refractivity contribution in [2.24, 2.45) is 34.6 Å². The maximum atomic E-state index is 13.4. The van der Waals surface area contributed by atoms with Gasteiger partial charge in [0.15, 0.2) is 0 Å². The van der Waals surface area contributed by atoms with E-state index in [-0.39, 0.29) is 73.6 Å². The molecule has 1 saturated carbocycles. The van der Waals surface area contributed by atoms with Gasteiger partial charge in [0.05, 0.1) is 25.2 Å².